The average Bonchev–Trinajstić information content (AvgIpc) is 3.28. The van der Waals surface area contributed by atoms with Gasteiger partial charge in [0.05, 0.1) is 5.56 Å². The second-order valence-electron chi connectivity index (χ2n) is 5.42. The molecular formula is C18H15N5O2. The van der Waals surface area contributed by atoms with Crippen molar-refractivity contribution < 1.29 is 9.26 Å². The van der Waals surface area contributed by atoms with Gasteiger partial charge in [0.1, 0.15) is 11.4 Å². The van der Waals surface area contributed by atoms with Gasteiger partial charge in [-0.15, -0.1) is 0 Å². The predicted octanol–water partition coefficient (Wildman–Crippen LogP) is 3.11. The van der Waals surface area contributed by atoms with Crippen LogP contribution in [-0.2, 0) is 13.7 Å². The molecule has 3 heterocycles. The van der Waals surface area contributed by atoms with Crippen molar-refractivity contribution in [3.8, 4) is 28.5 Å². The van der Waals surface area contributed by atoms with Gasteiger partial charge in [-0.2, -0.15) is 10.1 Å². The van der Waals surface area contributed by atoms with E-state index in [1.165, 1.54) is 0 Å². The molecule has 7 nitrogen and oxygen atoms in total. The van der Waals surface area contributed by atoms with E-state index in [1.54, 1.807) is 17.1 Å². The maximum atomic E-state index is 5.65. The Morgan fingerprint density at radius 2 is 1.88 bits per heavy atom. The number of ether oxygens (including phenoxy) is 1. The van der Waals surface area contributed by atoms with Crippen LogP contribution in [-0.4, -0.2) is 24.9 Å². The lowest BCUT2D eigenvalue weighted by Crippen LogP contribution is -1.97. The summed E-state index contributed by atoms with van der Waals surface area (Å²) in [4.78, 5) is 8.46. The smallest absolute Gasteiger partial charge is 0.261 e. The Hall–Kier alpha value is -3.48. The second-order valence-corrected chi connectivity index (χ2v) is 5.42. The van der Waals surface area contributed by atoms with E-state index in [1.807, 2.05) is 55.7 Å². The van der Waals surface area contributed by atoms with Crippen molar-refractivity contribution in [3.05, 3.63) is 66.9 Å². The van der Waals surface area contributed by atoms with E-state index >= 15 is 0 Å². The Kier molecular flexibility index (Phi) is 3.96. The summed E-state index contributed by atoms with van der Waals surface area (Å²) in [6, 6.07) is 13.3. The van der Waals surface area contributed by atoms with E-state index in [0.29, 0.717) is 11.7 Å². The van der Waals surface area contributed by atoms with Crippen molar-refractivity contribution in [2.24, 2.45) is 7.05 Å². The number of hydrogen-bond donors (Lipinski definition) is 0. The highest BCUT2D eigenvalue weighted by molar-refractivity contribution is 5.75. The first-order chi connectivity index (χ1) is 12.3. The number of aryl methyl sites for hydroxylation is 1. The molecule has 0 unspecified atom stereocenters. The number of hydrogen-bond acceptors (Lipinski definition) is 6. The molecule has 0 aliphatic rings. The molecule has 0 radical (unpaired) electrons. The summed E-state index contributed by atoms with van der Waals surface area (Å²) in [5.41, 5.74) is 2.47. The number of pyridine rings is 1. The first-order valence-corrected chi connectivity index (χ1v) is 7.74. The summed E-state index contributed by atoms with van der Waals surface area (Å²) in [6.45, 7) is 0.234. The number of para-hydroxylation sites is 1. The standard InChI is InChI=1S/C18H15N5O2/c1-23-11-15(17(21-23)13-7-9-19-10-8-13)18-20-16(22-25-18)12-24-14-5-3-2-4-6-14/h2-11H,12H2,1H3. The lowest BCUT2D eigenvalue weighted by molar-refractivity contribution is 0.287. The molecule has 0 amide bonds. The highest BCUT2D eigenvalue weighted by Gasteiger charge is 2.18. The topological polar surface area (TPSA) is 78.9 Å². The Balaban J connectivity index is 1.58. The lowest BCUT2D eigenvalue weighted by atomic mass is 10.1. The number of aromatic nitrogens is 5. The fourth-order valence-electron chi connectivity index (χ4n) is 2.45. The minimum absolute atomic E-state index is 0.234. The van der Waals surface area contributed by atoms with E-state index in [2.05, 4.69) is 20.2 Å². The van der Waals surface area contributed by atoms with Gasteiger partial charge in [-0.25, -0.2) is 0 Å². The molecule has 4 rings (SSSR count). The van der Waals surface area contributed by atoms with Crippen LogP contribution in [0.1, 0.15) is 5.82 Å². The van der Waals surface area contributed by atoms with Gasteiger partial charge < -0.3 is 9.26 Å². The molecule has 0 aliphatic heterocycles. The van der Waals surface area contributed by atoms with Gasteiger partial charge in [0.2, 0.25) is 5.82 Å². The fraction of sp³-hybridized carbons (Fsp3) is 0.111. The van der Waals surface area contributed by atoms with Crippen LogP contribution >= 0.6 is 0 Å². The van der Waals surface area contributed by atoms with Gasteiger partial charge in [0.15, 0.2) is 6.61 Å². The van der Waals surface area contributed by atoms with Crippen molar-refractivity contribution in [1.29, 1.82) is 0 Å². The van der Waals surface area contributed by atoms with Crippen LogP contribution in [0.5, 0.6) is 5.75 Å². The summed E-state index contributed by atoms with van der Waals surface area (Å²) >= 11 is 0. The zero-order valence-corrected chi connectivity index (χ0v) is 13.5. The van der Waals surface area contributed by atoms with Gasteiger partial charge >= 0.3 is 0 Å². The molecular weight excluding hydrogens is 318 g/mol. The Morgan fingerprint density at radius 3 is 2.68 bits per heavy atom. The molecule has 0 spiro atoms. The lowest BCUT2D eigenvalue weighted by Gasteiger charge is -2.01. The maximum Gasteiger partial charge on any atom is 0.261 e. The molecule has 0 saturated heterocycles. The van der Waals surface area contributed by atoms with Gasteiger partial charge in [0.25, 0.3) is 5.89 Å². The summed E-state index contributed by atoms with van der Waals surface area (Å²) in [6.07, 6.45) is 5.30. The highest BCUT2D eigenvalue weighted by atomic mass is 16.5. The van der Waals surface area contributed by atoms with E-state index in [9.17, 15) is 0 Å². The van der Waals surface area contributed by atoms with Crippen molar-refractivity contribution in [1.82, 2.24) is 24.9 Å². The molecule has 7 heteroatoms. The largest absolute Gasteiger partial charge is 0.485 e. The highest BCUT2D eigenvalue weighted by Crippen LogP contribution is 2.29. The summed E-state index contributed by atoms with van der Waals surface area (Å²) in [5, 5.41) is 8.48. The third kappa shape index (κ3) is 3.25. The molecule has 0 saturated carbocycles. The van der Waals surface area contributed by atoms with E-state index in [-0.39, 0.29) is 6.61 Å². The minimum atomic E-state index is 0.234. The molecule has 0 fully saturated rings. The summed E-state index contributed by atoms with van der Waals surface area (Å²) in [5.74, 6) is 1.64. The Labute approximate surface area is 143 Å². The van der Waals surface area contributed by atoms with Gasteiger partial charge in [-0.3, -0.25) is 9.67 Å². The van der Waals surface area contributed by atoms with Crippen molar-refractivity contribution in [2.75, 3.05) is 0 Å². The van der Waals surface area contributed by atoms with E-state index < -0.39 is 0 Å². The Morgan fingerprint density at radius 1 is 1.08 bits per heavy atom. The predicted molar refractivity (Wildman–Crippen MR) is 90.5 cm³/mol. The number of nitrogens with zero attached hydrogens (tertiary/aromatic N) is 5. The molecule has 124 valence electrons. The van der Waals surface area contributed by atoms with Crippen LogP contribution in [0.3, 0.4) is 0 Å². The molecule has 0 N–H and O–H groups in total. The normalized spacial score (nSPS) is 10.8. The Bertz CT molecular complexity index is 964. The summed E-state index contributed by atoms with van der Waals surface area (Å²) in [7, 11) is 1.85. The average molecular weight is 333 g/mol. The van der Waals surface area contributed by atoms with Crippen LogP contribution in [0.2, 0.25) is 0 Å². The van der Waals surface area contributed by atoms with Gasteiger partial charge in [-0.1, -0.05) is 23.4 Å². The first-order valence-electron chi connectivity index (χ1n) is 7.74. The molecule has 0 atom stereocenters. The molecule has 0 aliphatic carbocycles. The van der Waals surface area contributed by atoms with Crippen LogP contribution in [0, 0.1) is 0 Å². The zero-order valence-electron chi connectivity index (χ0n) is 13.5. The third-order valence-corrected chi connectivity index (χ3v) is 3.59. The molecule has 1 aromatic carbocycles. The van der Waals surface area contributed by atoms with Crippen molar-refractivity contribution in [3.63, 3.8) is 0 Å². The van der Waals surface area contributed by atoms with Crippen LogP contribution in [0.25, 0.3) is 22.7 Å². The second kappa shape index (κ2) is 6.56. The molecule has 0 bridgehead atoms. The monoisotopic (exact) mass is 333 g/mol. The van der Waals surface area contributed by atoms with Crippen LogP contribution in [0.15, 0.2) is 65.6 Å². The fourth-order valence-corrected chi connectivity index (χ4v) is 2.45. The maximum absolute atomic E-state index is 5.65. The van der Waals surface area contributed by atoms with E-state index in [4.69, 9.17) is 9.26 Å². The van der Waals surface area contributed by atoms with Crippen molar-refractivity contribution in [2.45, 2.75) is 6.61 Å². The van der Waals surface area contributed by atoms with Gasteiger partial charge in [-0.05, 0) is 24.3 Å². The molecule has 25 heavy (non-hydrogen) atoms. The van der Waals surface area contributed by atoms with Crippen molar-refractivity contribution >= 4 is 0 Å². The first kappa shape index (κ1) is 15.1. The minimum Gasteiger partial charge on any atom is -0.485 e. The number of rotatable bonds is 5. The van der Waals surface area contributed by atoms with Crippen LogP contribution < -0.4 is 4.74 Å². The zero-order chi connectivity index (χ0) is 17.1. The summed E-state index contributed by atoms with van der Waals surface area (Å²) < 4.78 is 12.8. The quantitative estimate of drug-likeness (QED) is 0.558. The molecule has 3 aromatic heterocycles. The number of benzene rings is 1. The third-order valence-electron chi connectivity index (χ3n) is 3.59. The van der Waals surface area contributed by atoms with Crippen LogP contribution in [0.4, 0.5) is 0 Å². The molecule has 4 aromatic rings. The SMILES string of the molecule is Cn1cc(-c2nc(COc3ccccc3)no2)c(-c2ccncc2)n1. The van der Waals surface area contributed by atoms with Gasteiger partial charge in [0, 0.05) is 31.2 Å². The van der Waals surface area contributed by atoms with E-state index in [0.717, 1.165) is 22.6 Å².